The third kappa shape index (κ3) is 7.31. The molecule has 3 aliphatic heterocycles. The minimum Gasteiger partial charge on any atom is -0.383 e. The molecule has 1 aromatic rings. The molecule has 0 saturated carbocycles. The SMILES string of the molecule is C=C1CSCC(OCCN2C(=CC=C3C(=O)N(CCOC)C(=S)N(CCOC)C3=O)C(C)(C)c3ccccc32)CSC1. The maximum Gasteiger partial charge on any atom is 0.265 e. The van der Waals surface area contributed by atoms with Crippen LogP contribution in [0.4, 0.5) is 5.69 Å². The Kier molecular flexibility index (Phi) is 11.7. The first-order chi connectivity index (χ1) is 20.2. The molecule has 0 radical (unpaired) electrons. The van der Waals surface area contributed by atoms with Crippen LogP contribution < -0.4 is 4.90 Å². The molecule has 0 unspecified atom stereocenters. The van der Waals surface area contributed by atoms with Crippen molar-refractivity contribution >= 4 is 58.4 Å². The van der Waals surface area contributed by atoms with Crippen molar-refractivity contribution in [3.63, 3.8) is 0 Å². The summed E-state index contributed by atoms with van der Waals surface area (Å²) in [6, 6.07) is 8.34. The summed E-state index contributed by atoms with van der Waals surface area (Å²) in [5.74, 6) is 3.03. The van der Waals surface area contributed by atoms with Crippen LogP contribution in [0.25, 0.3) is 0 Å². The fraction of sp³-hybridized carbons (Fsp3) is 0.516. The first kappa shape index (κ1) is 32.8. The summed E-state index contributed by atoms with van der Waals surface area (Å²) in [5.41, 5.74) is 4.30. The van der Waals surface area contributed by atoms with Gasteiger partial charge in [-0.3, -0.25) is 19.4 Å². The lowest BCUT2D eigenvalue weighted by Gasteiger charge is -2.36. The number of allylic oxidation sites excluding steroid dienone is 3. The molecule has 0 atom stereocenters. The Bertz CT molecular complexity index is 1200. The van der Waals surface area contributed by atoms with Crippen LogP contribution in [0.3, 0.4) is 0 Å². The number of carbonyl (C=O) groups is 2. The number of rotatable bonds is 11. The molecular weight excluding hydrogens is 591 g/mol. The van der Waals surface area contributed by atoms with Crippen LogP contribution in [0.2, 0.25) is 0 Å². The van der Waals surface area contributed by atoms with Gasteiger partial charge in [-0.05, 0) is 36.0 Å². The van der Waals surface area contributed by atoms with Gasteiger partial charge in [0.1, 0.15) is 5.57 Å². The number of para-hydroxylation sites is 1. The Morgan fingerprint density at radius 3 is 2.10 bits per heavy atom. The van der Waals surface area contributed by atoms with Crippen LogP contribution >= 0.6 is 35.7 Å². The monoisotopic (exact) mass is 631 g/mol. The number of thiocarbonyl (C=S) groups is 1. The second kappa shape index (κ2) is 15.0. The Balaban J connectivity index is 1.61. The molecule has 0 aliphatic carbocycles. The molecule has 1 aromatic carbocycles. The maximum atomic E-state index is 13.5. The van der Waals surface area contributed by atoms with Gasteiger partial charge in [-0.2, -0.15) is 23.5 Å². The average Bonchev–Trinajstić information content (AvgIpc) is 3.17. The second-order valence-electron chi connectivity index (χ2n) is 10.9. The minimum absolute atomic E-state index is 0.0661. The van der Waals surface area contributed by atoms with E-state index in [1.807, 2.05) is 41.7 Å². The maximum absolute atomic E-state index is 13.5. The zero-order valence-corrected chi connectivity index (χ0v) is 27.4. The molecule has 0 spiro atoms. The minimum atomic E-state index is -0.419. The highest BCUT2D eigenvalue weighted by Gasteiger charge is 2.41. The van der Waals surface area contributed by atoms with E-state index < -0.39 is 11.8 Å². The van der Waals surface area contributed by atoms with Crippen molar-refractivity contribution < 1.29 is 23.8 Å². The molecule has 0 aromatic heterocycles. The molecule has 228 valence electrons. The van der Waals surface area contributed by atoms with E-state index in [-0.39, 0.29) is 35.3 Å². The van der Waals surface area contributed by atoms with Crippen LogP contribution in [0, 0.1) is 0 Å². The number of anilines is 1. The molecular formula is C31H41N3O5S3. The third-order valence-electron chi connectivity index (χ3n) is 7.55. The average molecular weight is 632 g/mol. The van der Waals surface area contributed by atoms with Crippen LogP contribution in [-0.2, 0) is 29.2 Å². The molecule has 0 bridgehead atoms. The van der Waals surface area contributed by atoms with E-state index in [0.717, 1.165) is 34.4 Å². The highest BCUT2D eigenvalue weighted by molar-refractivity contribution is 8.01. The molecule has 11 heteroatoms. The Hall–Kier alpha value is -2.15. The largest absolute Gasteiger partial charge is 0.383 e. The molecule has 8 nitrogen and oxygen atoms in total. The lowest BCUT2D eigenvalue weighted by molar-refractivity contribution is -0.134. The smallest absolute Gasteiger partial charge is 0.265 e. The Morgan fingerprint density at radius 1 is 0.929 bits per heavy atom. The van der Waals surface area contributed by atoms with Crippen LogP contribution in [-0.4, -0.2) is 110 Å². The van der Waals surface area contributed by atoms with Gasteiger partial charge in [0.05, 0.1) is 39.0 Å². The summed E-state index contributed by atoms with van der Waals surface area (Å²) in [7, 11) is 3.13. The summed E-state index contributed by atoms with van der Waals surface area (Å²) in [4.78, 5) is 32.2. The Labute approximate surface area is 263 Å². The van der Waals surface area contributed by atoms with E-state index >= 15 is 0 Å². The molecule has 3 heterocycles. The molecule has 2 fully saturated rings. The number of benzene rings is 1. The van der Waals surface area contributed by atoms with Gasteiger partial charge in [0.2, 0.25) is 0 Å². The quantitative estimate of drug-likeness (QED) is 0.154. The normalized spacial score (nSPS) is 20.8. The summed E-state index contributed by atoms with van der Waals surface area (Å²) in [6.07, 6.45) is 3.75. The highest BCUT2D eigenvalue weighted by atomic mass is 32.2. The molecule has 42 heavy (non-hydrogen) atoms. The number of fused-ring (bicyclic) bond motifs is 1. The van der Waals surface area contributed by atoms with Crippen LogP contribution in [0.15, 0.2) is 59.8 Å². The second-order valence-corrected chi connectivity index (χ2v) is 13.3. The number of hydrogen-bond acceptors (Lipinski definition) is 9. The van der Waals surface area contributed by atoms with Gasteiger partial charge >= 0.3 is 0 Å². The molecule has 4 rings (SSSR count). The Morgan fingerprint density at radius 2 is 1.50 bits per heavy atom. The molecule has 0 N–H and O–H groups in total. The van der Waals surface area contributed by atoms with Gasteiger partial charge in [-0.1, -0.05) is 44.2 Å². The lowest BCUT2D eigenvalue weighted by Crippen LogP contribution is -2.57. The van der Waals surface area contributed by atoms with Crippen molar-refractivity contribution in [1.29, 1.82) is 0 Å². The van der Waals surface area contributed by atoms with Gasteiger partial charge < -0.3 is 19.1 Å². The fourth-order valence-corrected chi connectivity index (χ4v) is 7.91. The van der Waals surface area contributed by atoms with Crippen molar-refractivity contribution in [2.75, 3.05) is 81.6 Å². The molecule has 3 aliphatic rings. The number of nitrogens with zero attached hydrogens (tertiary/aromatic N) is 3. The van der Waals surface area contributed by atoms with E-state index in [2.05, 4.69) is 37.5 Å². The van der Waals surface area contributed by atoms with Crippen molar-refractivity contribution in [2.45, 2.75) is 25.4 Å². The van der Waals surface area contributed by atoms with Crippen molar-refractivity contribution in [1.82, 2.24) is 9.80 Å². The lowest BCUT2D eigenvalue weighted by atomic mass is 9.83. The number of ether oxygens (including phenoxy) is 3. The standard InChI is InChI=1S/C31H41N3O5S3/c1-22-18-41-20-23(21-42-19-22)39-17-14-32-26-9-7-6-8-25(26)31(2,3)27(32)11-10-24-28(35)33(12-15-37-4)30(40)34(29(24)36)13-16-38-5/h6-11,23H,1,12-21H2,2-5H3. The van der Waals surface area contributed by atoms with E-state index in [4.69, 9.17) is 26.4 Å². The van der Waals surface area contributed by atoms with E-state index in [9.17, 15) is 9.59 Å². The summed E-state index contributed by atoms with van der Waals surface area (Å²) in [6.45, 7) is 10.8. The predicted octanol–water partition coefficient (Wildman–Crippen LogP) is 4.26. The number of thioether (sulfide) groups is 2. The van der Waals surface area contributed by atoms with Crippen molar-refractivity contribution in [2.24, 2.45) is 0 Å². The predicted molar refractivity (Wildman–Crippen MR) is 176 cm³/mol. The zero-order valence-electron chi connectivity index (χ0n) is 24.9. The van der Waals surface area contributed by atoms with Gasteiger partial charge in [0.25, 0.3) is 11.8 Å². The van der Waals surface area contributed by atoms with Crippen molar-refractivity contribution in [3.8, 4) is 0 Å². The first-order valence-electron chi connectivity index (χ1n) is 14.1. The highest BCUT2D eigenvalue weighted by Crippen LogP contribution is 2.47. The third-order valence-corrected chi connectivity index (χ3v) is 10.4. The van der Waals surface area contributed by atoms with Crippen LogP contribution in [0.5, 0.6) is 0 Å². The van der Waals surface area contributed by atoms with Gasteiger partial charge in [-0.15, -0.1) is 0 Å². The van der Waals surface area contributed by atoms with Crippen molar-refractivity contribution in [3.05, 3.63) is 65.4 Å². The molecule has 2 amide bonds. The number of hydrogen-bond donors (Lipinski definition) is 0. The van der Waals surface area contributed by atoms with Crippen LogP contribution in [0.1, 0.15) is 19.4 Å². The fourth-order valence-electron chi connectivity index (χ4n) is 5.31. The zero-order chi connectivity index (χ0) is 30.3. The van der Waals surface area contributed by atoms with E-state index in [0.29, 0.717) is 26.4 Å². The summed E-state index contributed by atoms with van der Waals surface area (Å²) >= 11 is 9.29. The van der Waals surface area contributed by atoms with E-state index in [1.54, 1.807) is 20.3 Å². The summed E-state index contributed by atoms with van der Waals surface area (Å²) in [5, 5.41) is 0.172. The molecule has 2 saturated heterocycles. The van der Waals surface area contributed by atoms with E-state index in [1.165, 1.54) is 20.9 Å². The number of amides is 2. The first-order valence-corrected chi connectivity index (χ1v) is 16.8. The van der Waals surface area contributed by atoms with Gasteiger partial charge in [0.15, 0.2) is 5.11 Å². The number of methoxy groups -OCH3 is 2. The topological polar surface area (TPSA) is 71.6 Å². The van der Waals surface area contributed by atoms with Gasteiger partial charge in [-0.25, -0.2) is 0 Å². The number of carbonyl (C=O) groups excluding carboxylic acids is 2. The summed E-state index contributed by atoms with van der Waals surface area (Å²) < 4.78 is 16.8. The van der Waals surface area contributed by atoms with Gasteiger partial charge in [0, 0.05) is 60.6 Å².